The Kier molecular flexibility index (Phi) is 6.45. The van der Waals surface area contributed by atoms with Gasteiger partial charge in [-0.15, -0.1) is 11.6 Å². The first-order valence-corrected chi connectivity index (χ1v) is 7.10. The molecule has 1 rings (SSSR count). The quantitative estimate of drug-likeness (QED) is 0.769. The molecule has 0 saturated carbocycles. The lowest BCUT2D eigenvalue weighted by Gasteiger charge is -2.21. The van der Waals surface area contributed by atoms with E-state index < -0.39 is 0 Å². The van der Waals surface area contributed by atoms with Crippen LogP contribution in [0.1, 0.15) is 25.8 Å². The number of hydrogen-bond donors (Lipinski definition) is 1. The maximum Gasteiger partial charge on any atom is 0.127 e. The van der Waals surface area contributed by atoms with Crippen molar-refractivity contribution in [2.24, 2.45) is 5.92 Å². The van der Waals surface area contributed by atoms with Crippen molar-refractivity contribution in [1.29, 1.82) is 0 Å². The number of rotatable bonds is 6. The van der Waals surface area contributed by atoms with Crippen LogP contribution in [0.3, 0.4) is 0 Å². The van der Waals surface area contributed by atoms with E-state index in [1.54, 1.807) is 12.1 Å². The van der Waals surface area contributed by atoms with Gasteiger partial charge in [0, 0.05) is 28.5 Å². The second kappa shape index (κ2) is 7.34. The highest BCUT2D eigenvalue weighted by molar-refractivity contribution is 9.10. The number of hydrogen-bond acceptors (Lipinski definition) is 1. The van der Waals surface area contributed by atoms with Gasteiger partial charge in [-0.1, -0.05) is 29.8 Å². The fourth-order valence-electron chi connectivity index (χ4n) is 1.71. The molecule has 4 heteroatoms. The molecule has 1 aromatic rings. The summed E-state index contributed by atoms with van der Waals surface area (Å²) < 4.78 is 14.4. The van der Waals surface area contributed by atoms with Gasteiger partial charge < -0.3 is 5.32 Å². The van der Waals surface area contributed by atoms with Gasteiger partial charge in [0.2, 0.25) is 0 Å². The van der Waals surface area contributed by atoms with E-state index in [0.717, 1.165) is 10.9 Å². The normalized spacial score (nSPS) is 13.1. The van der Waals surface area contributed by atoms with Gasteiger partial charge in [-0.25, -0.2) is 4.39 Å². The molecule has 0 aliphatic heterocycles. The largest absolute Gasteiger partial charge is 0.310 e. The monoisotopic (exact) mass is 321 g/mol. The van der Waals surface area contributed by atoms with Crippen molar-refractivity contribution in [3.05, 3.63) is 34.1 Å². The van der Waals surface area contributed by atoms with Crippen molar-refractivity contribution in [1.82, 2.24) is 5.32 Å². The highest BCUT2D eigenvalue weighted by Crippen LogP contribution is 2.16. The third-order valence-corrected chi connectivity index (χ3v) is 3.50. The van der Waals surface area contributed by atoms with E-state index in [4.69, 9.17) is 11.6 Å². The molecule has 1 unspecified atom stereocenters. The Balaban J connectivity index is 2.61. The maximum absolute atomic E-state index is 13.5. The van der Waals surface area contributed by atoms with Gasteiger partial charge >= 0.3 is 0 Å². The average Bonchev–Trinajstić information content (AvgIpc) is 2.28. The van der Waals surface area contributed by atoms with Crippen LogP contribution in [0.4, 0.5) is 4.39 Å². The molecular weight excluding hydrogens is 305 g/mol. The summed E-state index contributed by atoms with van der Waals surface area (Å²) in [6.07, 6.45) is 0.898. The molecule has 1 atom stereocenters. The van der Waals surface area contributed by atoms with Gasteiger partial charge in [-0.05, 0) is 30.5 Å². The van der Waals surface area contributed by atoms with E-state index in [9.17, 15) is 4.39 Å². The first kappa shape index (κ1) is 14.9. The van der Waals surface area contributed by atoms with E-state index >= 15 is 0 Å². The van der Waals surface area contributed by atoms with Crippen molar-refractivity contribution in [2.75, 3.05) is 5.88 Å². The fraction of sp³-hybridized carbons (Fsp3) is 0.538. The van der Waals surface area contributed by atoms with Crippen LogP contribution in [0.2, 0.25) is 0 Å². The Labute approximate surface area is 116 Å². The second-order valence-electron chi connectivity index (χ2n) is 4.44. The predicted molar refractivity (Wildman–Crippen MR) is 74.9 cm³/mol. The lowest BCUT2D eigenvalue weighted by Crippen LogP contribution is -2.34. The minimum atomic E-state index is -0.172. The maximum atomic E-state index is 13.5. The summed E-state index contributed by atoms with van der Waals surface area (Å²) in [6, 6.07) is 5.32. The van der Waals surface area contributed by atoms with Gasteiger partial charge in [0.1, 0.15) is 5.82 Å². The second-order valence-corrected chi connectivity index (χ2v) is 5.74. The Morgan fingerprint density at radius 1 is 1.41 bits per heavy atom. The van der Waals surface area contributed by atoms with Crippen LogP contribution in [0.15, 0.2) is 22.7 Å². The Morgan fingerprint density at radius 2 is 2.12 bits per heavy atom. The Bertz CT molecular complexity index is 357. The highest BCUT2D eigenvalue weighted by atomic mass is 79.9. The van der Waals surface area contributed by atoms with Crippen LogP contribution in [0, 0.1) is 11.7 Å². The molecule has 0 spiro atoms. The summed E-state index contributed by atoms with van der Waals surface area (Å²) in [5.74, 6) is 0.939. The lowest BCUT2D eigenvalue weighted by atomic mass is 10.0. The van der Waals surface area contributed by atoms with Gasteiger partial charge in [-0.3, -0.25) is 0 Å². The molecule has 1 nitrogen and oxygen atoms in total. The molecule has 0 fully saturated rings. The van der Waals surface area contributed by atoms with Gasteiger partial charge in [0.05, 0.1) is 0 Å². The minimum absolute atomic E-state index is 0.172. The summed E-state index contributed by atoms with van der Waals surface area (Å²) in [5, 5.41) is 3.36. The van der Waals surface area contributed by atoms with E-state index in [1.807, 2.05) is 0 Å². The van der Waals surface area contributed by atoms with Crippen molar-refractivity contribution >= 4 is 27.5 Å². The van der Waals surface area contributed by atoms with E-state index in [1.165, 1.54) is 6.07 Å². The van der Waals surface area contributed by atoms with E-state index in [2.05, 4.69) is 35.1 Å². The molecule has 0 saturated heterocycles. The number of alkyl halides is 1. The average molecular weight is 323 g/mol. The van der Waals surface area contributed by atoms with Crippen LogP contribution in [-0.2, 0) is 6.54 Å². The SMILES string of the molecule is CC(C)C(CCCl)NCc1cc(Br)ccc1F. The molecular formula is C13H18BrClFN. The number of nitrogens with one attached hydrogen (secondary N) is 1. The zero-order valence-electron chi connectivity index (χ0n) is 10.1. The summed E-state index contributed by atoms with van der Waals surface area (Å²) in [5.41, 5.74) is 0.680. The standard InChI is InChI=1S/C13H18BrClFN/c1-9(2)13(5-6-15)17-8-10-7-11(14)3-4-12(10)16/h3-4,7,9,13,17H,5-6,8H2,1-2H3. The molecule has 96 valence electrons. The molecule has 0 radical (unpaired) electrons. The van der Waals surface area contributed by atoms with Crippen molar-refractivity contribution < 1.29 is 4.39 Å². The van der Waals surface area contributed by atoms with Crippen molar-refractivity contribution in [2.45, 2.75) is 32.9 Å². The Morgan fingerprint density at radius 3 is 2.71 bits per heavy atom. The van der Waals surface area contributed by atoms with Gasteiger partial charge in [0.25, 0.3) is 0 Å². The molecule has 0 heterocycles. The molecule has 0 aliphatic carbocycles. The zero-order valence-corrected chi connectivity index (χ0v) is 12.5. The molecule has 1 N–H and O–H groups in total. The van der Waals surface area contributed by atoms with Crippen molar-refractivity contribution in [3.63, 3.8) is 0 Å². The van der Waals surface area contributed by atoms with Crippen LogP contribution in [0.5, 0.6) is 0 Å². The van der Waals surface area contributed by atoms with Crippen LogP contribution in [-0.4, -0.2) is 11.9 Å². The molecule has 0 amide bonds. The van der Waals surface area contributed by atoms with Crippen molar-refractivity contribution in [3.8, 4) is 0 Å². The van der Waals surface area contributed by atoms with Gasteiger partial charge in [-0.2, -0.15) is 0 Å². The van der Waals surface area contributed by atoms with Gasteiger partial charge in [0.15, 0.2) is 0 Å². The predicted octanol–water partition coefficient (Wildman–Crippen LogP) is 4.33. The molecule has 0 aliphatic rings. The first-order chi connectivity index (χ1) is 8.04. The smallest absolute Gasteiger partial charge is 0.127 e. The van der Waals surface area contributed by atoms with Crippen LogP contribution in [0.25, 0.3) is 0 Å². The first-order valence-electron chi connectivity index (χ1n) is 5.78. The highest BCUT2D eigenvalue weighted by Gasteiger charge is 2.13. The Hall–Kier alpha value is -0.120. The number of halogens is 3. The minimum Gasteiger partial charge on any atom is -0.310 e. The zero-order chi connectivity index (χ0) is 12.8. The number of benzene rings is 1. The fourth-order valence-corrected chi connectivity index (χ4v) is 2.35. The molecule has 1 aromatic carbocycles. The molecule has 0 bridgehead atoms. The third kappa shape index (κ3) is 4.94. The molecule has 0 aromatic heterocycles. The third-order valence-electron chi connectivity index (χ3n) is 2.79. The summed E-state index contributed by atoms with van der Waals surface area (Å²) in [6.45, 7) is 4.81. The topological polar surface area (TPSA) is 12.0 Å². The van der Waals surface area contributed by atoms with Crippen LogP contribution < -0.4 is 5.32 Å². The van der Waals surface area contributed by atoms with Crippen LogP contribution >= 0.6 is 27.5 Å². The summed E-state index contributed by atoms with van der Waals surface area (Å²) in [7, 11) is 0. The van der Waals surface area contributed by atoms with E-state index in [-0.39, 0.29) is 5.82 Å². The lowest BCUT2D eigenvalue weighted by molar-refractivity contribution is 0.386. The summed E-state index contributed by atoms with van der Waals surface area (Å²) in [4.78, 5) is 0. The molecule has 17 heavy (non-hydrogen) atoms. The summed E-state index contributed by atoms with van der Waals surface area (Å²) >= 11 is 9.10. The van der Waals surface area contributed by atoms with E-state index in [0.29, 0.717) is 29.9 Å².